The number of hydrogen-bond acceptors (Lipinski definition) is 6. The van der Waals surface area contributed by atoms with Gasteiger partial charge >= 0.3 is 0 Å². The topological polar surface area (TPSA) is 107 Å². The van der Waals surface area contributed by atoms with E-state index in [2.05, 4.69) is 36.4 Å². The molecule has 2 N–H and O–H groups in total. The Kier molecular flexibility index (Phi) is 5.80. The summed E-state index contributed by atoms with van der Waals surface area (Å²) in [7, 11) is 0. The van der Waals surface area contributed by atoms with Crippen molar-refractivity contribution < 1.29 is 9.59 Å². The highest BCUT2D eigenvalue weighted by Gasteiger charge is 2.21. The summed E-state index contributed by atoms with van der Waals surface area (Å²) >= 11 is 0. The molecule has 6 rings (SSSR count). The maximum absolute atomic E-state index is 13.1. The summed E-state index contributed by atoms with van der Waals surface area (Å²) in [6.07, 6.45) is 9.73. The largest absolute Gasteiger partial charge is 0.370 e. The minimum absolute atomic E-state index is 0.0699. The van der Waals surface area contributed by atoms with E-state index in [9.17, 15) is 9.59 Å². The molecule has 0 radical (unpaired) electrons. The number of nitrogens with one attached hydrogen (secondary N) is 2. The molecule has 36 heavy (non-hydrogen) atoms. The van der Waals surface area contributed by atoms with Crippen molar-refractivity contribution in [3.8, 4) is 11.1 Å². The molecule has 0 saturated carbocycles. The number of likely N-dealkylation sites (tertiary alicyclic amines) is 1. The molecule has 0 bridgehead atoms. The second-order valence-electron chi connectivity index (χ2n) is 9.34. The maximum Gasteiger partial charge on any atom is 0.276 e. The van der Waals surface area contributed by atoms with Gasteiger partial charge in [0.1, 0.15) is 5.69 Å². The van der Waals surface area contributed by atoms with Crippen LogP contribution in [0, 0.1) is 0 Å². The van der Waals surface area contributed by atoms with Gasteiger partial charge in [-0.2, -0.15) is 5.10 Å². The molecule has 9 heteroatoms. The average Bonchev–Trinajstić information content (AvgIpc) is 3.70. The first-order valence-electron chi connectivity index (χ1n) is 12.4. The van der Waals surface area contributed by atoms with Crippen molar-refractivity contribution >= 4 is 34.1 Å². The van der Waals surface area contributed by atoms with Crippen LogP contribution in [0.1, 0.15) is 46.7 Å². The number of fused-ring (bicyclic) bond motifs is 1. The molecule has 0 aliphatic carbocycles. The van der Waals surface area contributed by atoms with Gasteiger partial charge in [0, 0.05) is 43.3 Å². The number of benzene rings is 1. The molecule has 1 aromatic carbocycles. The third-order valence-corrected chi connectivity index (χ3v) is 6.94. The molecule has 9 nitrogen and oxygen atoms in total. The van der Waals surface area contributed by atoms with E-state index in [4.69, 9.17) is 0 Å². The van der Waals surface area contributed by atoms with E-state index in [1.807, 2.05) is 35.5 Å². The molecule has 2 aliphatic heterocycles. The number of rotatable bonds is 5. The van der Waals surface area contributed by atoms with Crippen molar-refractivity contribution in [2.45, 2.75) is 25.7 Å². The number of amides is 2. The summed E-state index contributed by atoms with van der Waals surface area (Å²) in [6, 6.07) is 11.4. The lowest BCUT2D eigenvalue weighted by atomic mass is 10.0. The number of nitrogens with zero attached hydrogens (tertiary/aromatic N) is 5. The Morgan fingerprint density at radius 3 is 2.44 bits per heavy atom. The molecule has 2 saturated heterocycles. The van der Waals surface area contributed by atoms with Crippen molar-refractivity contribution in [1.29, 1.82) is 0 Å². The van der Waals surface area contributed by atoms with E-state index in [0.29, 0.717) is 17.1 Å². The van der Waals surface area contributed by atoms with E-state index in [1.165, 1.54) is 19.0 Å². The minimum atomic E-state index is -0.345. The summed E-state index contributed by atoms with van der Waals surface area (Å²) in [6.45, 7) is 3.65. The molecule has 0 spiro atoms. The van der Waals surface area contributed by atoms with Gasteiger partial charge in [-0.25, -0.2) is 4.98 Å². The smallest absolute Gasteiger partial charge is 0.276 e. The van der Waals surface area contributed by atoms with E-state index in [-0.39, 0.29) is 11.8 Å². The summed E-state index contributed by atoms with van der Waals surface area (Å²) < 4.78 is 0. The number of pyridine rings is 2. The highest BCUT2D eigenvalue weighted by atomic mass is 16.2. The number of aromatic amines is 1. The van der Waals surface area contributed by atoms with Gasteiger partial charge in [-0.1, -0.05) is 6.07 Å². The molecular weight excluding hydrogens is 454 g/mol. The molecule has 5 heterocycles. The maximum atomic E-state index is 13.1. The molecule has 0 atom stereocenters. The van der Waals surface area contributed by atoms with Crippen LogP contribution >= 0.6 is 0 Å². The molecular formula is C27H27N7O2. The van der Waals surface area contributed by atoms with Crippen LogP contribution in [0.3, 0.4) is 0 Å². The van der Waals surface area contributed by atoms with Gasteiger partial charge < -0.3 is 15.1 Å². The molecule has 2 amide bonds. The number of carbonyl (C=O) groups is 2. The number of anilines is 2. The summed E-state index contributed by atoms with van der Waals surface area (Å²) in [5.74, 6) is -0.415. The van der Waals surface area contributed by atoms with Gasteiger partial charge in [-0.3, -0.25) is 19.7 Å². The van der Waals surface area contributed by atoms with Crippen LogP contribution in [0.4, 0.5) is 11.4 Å². The van der Waals surface area contributed by atoms with E-state index in [1.54, 1.807) is 12.1 Å². The third-order valence-electron chi connectivity index (χ3n) is 6.94. The third kappa shape index (κ3) is 4.28. The monoisotopic (exact) mass is 481 g/mol. The fraction of sp³-hybridized carbons (Fsp3) is 0.296. The zero-order chi connectivity index (χ0) is 24.5. The van der Waals surface area contributed by atoms with Gasteiger partial charge in [0.25, 0.3) is 11.8 Å². The average molecular weight is 482 g/mol. The Hall–Kier alpha value is -4.27. The highest BCUT2D eigenvalue weighted by molar-refractivity contribution is 6.11. The van der Waals surface area contributed by atoms with Gasteiger partial charge in [-0.05, 0) is 61.6 Å². The van der Waals surface area contributed by atoms with Crippen LogP contribution in [-0.2, 0) is 0 Å². The predicted octanol–water partition coefficient (Wildman–Crippen LogP) is 4.11. The highest BCUT2D eigenvalue weighted by Crippen LogP contribution is 2.29. The zero-order valence-electron chi connectivity index (χ0n) is 19.9. The second kappa shape index (κ2) is 9.41. The molecule has 2 fully saturated rings. The first kappa shape index (κ1) is 22.2. The van der Waals surface area contributed by atoms with Crippen LogP contribution in [0.5, 0.6) is 0 Å². The van der Waals surface area contributed by atoms with Gasteiger partial charge in [0.15, 0.2) is 5.69 Å². The minimum Gasteiger partial charge on any atom is -0.370 e. The fourth-order valence-corrected chi connectivity index (χ4v) is 4.97. The Labute approximate surface area is 208 Å². The molecule has 0 unspecified atom stereocenters. The Morgan fingerprint density at radius 2 is 1.67 bits per heavy atom. The van der Waals surface area contributed by atoms with Crippen molar-refractivity contribution in [2.24, 2.45) is 0 Å². The lowest BCUT2D eigenvalue weighted by Crippen LogP contribution is -2.28. The summed E-state index contributed by atoms with van der Waals surface area (Å²) in [4.78, 5) is 38.5. The number of H-pyrrole nitrogens is 1. The van der Waals surface area contributed by atoms with Gasteiger partial charge in [0.2, 0.25) is 0 Å². The zero-order valence-corrected chi connectivity index (χ0v) is 19.9. The van der Waals surface area contributed by atoms with Crippen LogP contribution in [0.2, 0.25) is 0 Å². The molecule has 2 aliphatic rings. The number of carbonyl (C=O) groups excluding carboxylic acids is 2. The first-order chi connectivity index (χ1) is 17.7. The lowest BCUT2D eigenvalue weighted by Gasteiger charge is -2.17. The van der Waals surface area contributed by atoms with Crippen LogP contribution in [0.25, 0.3) is 22.0 Å². The second-order valence-corrected chi connectivity index (χ2v) is 9.34. The van der Waals surface area contributed by atoms with Crippen molar-refractivity contribution in [1.82, 2.24) is 25.1 Å². The van der Waals surface area contributed by atoms with Crippen LogP contribution in [0.15, 0.2) is 55.0 Å². The van der Waals surface area contributed by atoms with Crippen LogP contribution in [-0.4, -0.2) is 63.1 Å². The number of hydrogen-bond donors (Lipinski definition) is 2. The molecule has 3 aromatic heterocycles. The van der Waals surface area contributed by atoms with E-state index >= 15 is 0 Å². The van der Waals surface area contributed by atoms with Crippen molar-refractivity contribution in [3.05, 3.63) is 66.4 Å². The predicted molar refractivity (Wildman–Crippen MR) is 138 cm³/mol. The quantitative estimate of drug-likeness (QED) is 0.444. The lowest BCUT2D eigenvalue weighted by molar-refractivity contribution is 0.0787. The number of aromatic nitrogens is 4. The Balaban J connectivity index is 1.22. The summed E-state index contributed by atoms with van der Waals surface area (Å²) in [5.41, 5.74) is 5.05. The fourth-order valence-electron chi connectivity index (χ4n) is 4.97. The Morgan fingerprint density at radius 1 is 0.861 bits per heavy atom. The molecule has 182 valence electrons. The van der Waals surface area contributed by atoms with Crippen LogP contribution < -0.4 is 10.2 Å². The van der Waals surface area contributed by atoms with Crippen molar-refractivity contribution in [3.63, 3.8) is 0 Å². The van der Waals surface area contributed by atoms with E-state index < -0.39 is 0 Å². The SMILES string of the molecule is O=C(Nc1ccc(C(=O)N2CCCC2)nc1)c1n[nH]c2ccc(-c3cncc(N4CCCC4)c3)cc12. The van der Waals surface area contributed by atoms with Gasteiger partial charge in [0.05, 0.1) is 29.3 Å². The Bertz CT molecular complexity index is 1420. The van der Waals surface area contributed by atoms with Gasteiger partial charge in [-0.15, -0.1) is 0 Å². The van der Waals surface area contributed by atoms with Crippen molar-refractivity contribution in [2.75, 3.05) is 36.4 Å². The van der Waals surface area contributed by atoms with E-state index in [0.717, 1.165) is 66.7 Å². The normalized spacial score (nSPS) is 15.6. The molecule has 4 aromatic rings. The standard InChI is InChI=1S/C27H27N7O2/c35-26(30-20-6-8-24(29-16-20)27(36)34-11-3-4-12-34)25-22-14-18(5-7-23(22)31-32-25)19-13-21(17-28-15-19)33-9-1-2-10-33/h5-8,13-17H,1-4,9-12H2,(H,30,35)(H,31,32). The first-order valence-corrected chi connectivity index (χ1v) is 12.4. The summed E-state index contributed by atoms with van der Waals surface area (Å²) in [5, 5.41) is 10.8.